The lowest BCUT2D eigenvalue weighted by Gasteiger charge is -2.15. The number of nitrogens with two attached hydrogens (primary N) is 1. The van der Waals surface area contributed by atoms with Gasteiger partial charge >= 0.3 is 0 Å². The summed E-state index contributed by atoms with van der Waals surface area (Å²) in [7, 11) is 0. The number of nitrogens with zero attached hydrogens (tertiary/aromatic N) is 2. The maximum atomic E-state index is 12.9. The smallest absolute Gasteiger partial charge is 0.271 e. The van der Waals surface area contributed by atoms with Crippen molar-refractivity contribution in [3.8, 4) is 0 Å². The molecule has 0 saturated carbocycles. The van der Waals surface area contributed by atoms with E-state index < -0.39 is 5.91 Å². The normalized spacial score (nSPS) is 14.5. The maximum Gasteiger partial charge on any atom is 0.271 e. The number of carbonyl (C=O) groups excluding carboxylic acids is 2. The Labute approximate surface area is 227 Å². The van der Waals surface area contributed by atoms with Crippen LogP contribution >= 0.6 is 0 Å². The number of aryl methyl sites for hydroxylation is 2. The highest BCUT2D eigenvalue weighted by molar-refractivity contribution is 6.09. The van der Waals surface area contributed by atoms with Crippen molar-refractivity contribution in [1.29, 1.82) is 0 Å². The van der Waals surface area contributed by atoms with E-state index in [0.29, 0.717) is 17.7 Å². The van der Waals surface area contributed by atoms with Crippen molar-refractivity contribution in [2.45, 2.75) is 59.3 Å². The molecule has 1 heterocycles. The van der Waals surface area contributed by atoms with Crippen molar-refractivity contribution in [3.63, 3.8) is 0 Å². The van der Waals surface area contributed by atoms with Crippen molar-refractivity contribution in [3.05, 3.63) is 95.2 Å². The Bertz CT molecular complexity index is 1230. The molecule has 38 heavy (non-hydrogen) atoms. The van der Waals surface area contributed by atoms with Crippen LogP contribution in [0.1, 0.15) is 73.5 Å². The van der Waals surface area contributed by atoms with Gasteiger partial charge in [-0.3, -0.25) is 14.6 Å². The Kier molecular flexibility index (Phi) is 10.6. The van der Waals surface area contributed by atoms with Crippen molar-refractivity contribution >= 4 is 28.9 Å². The average Bonchev–Trinajstić information content (AvgIpc) is 3.47. The number of carbonyl (C=O) groups is 2. The summed E-state index contributed by atoms with van der Waals surface area (Å²) in [5, 5.41) is 2.82. The van der Waals surface area contributed by atoms with Gasteiger partial charge in [0.2, 0.25) is 0 Å². The predicted octanol–water partition coefficient (Wildman–Crippen LogP) is 6.30. The number of rotatable bonds is 11. The minimum Gasteiger partial charge on any atom is -0.394 e. The molecule has 6 heteroatoms. The van der Waals surface area contributed by atoms with E-state index in [9.17, 15) is 9.59 Å². The van der Waals surface area contributed by atoms with Crippen molar-refractivity contribution in [1.82, 2.24) is 4.90 Å². The molecule has 6 nitrogen and oxygen atoms in total. The number of benzene rings is 2. The Morgan fingerprint density at radius 1 is 1.00 bits per heavy atom. The predicted molar refractivity (Wildman–Crippen MR) is 158 cm³/mol. The fraction of sp³-hybridized carbons (Fsp3) is 0.344. The van der Waals surface area contributed by atoms with E-state index in [4.69, 9.17) is 10.7 Å². The molecule has 1 saturated heterocycles. The van der Waals surface area contributed by atoms with Crippen LogP contribution in [0, 0.1) is 0 Å². The number of likely N-dealkylation sites (tertiary alicyclic amines) is 1. The molecule has 1 fully saturated rings. The molecule has 3 N–H and O–H groups in total. The molecule has 2 aromatic rings. The molecule has 3 rings (SSSR count). The van der Waals surface area contributed by atoms with Crippen molar-refractivity contribution in [2.75, 3.05) is 18.4 Å². The van der Waals surface area contributed by atoms with Crippen LogP contribution in [0.2, 0.25) is 0 Å². The molecule has 0 bridgehead atoms. The van der Waals surface area contributed by atoms with Crippen LogP contribution in [-0.4, -0.2) is 35.5 Å². The molecule has 1 aliphatic heterocycles. The number of hydrogen-bond donors (Lipinski definition) is 2. The minimum absolute atomic E-state index is 0.0268. The van der Waals surface area contributed by atoms with Gasteiger partial charge in [0.1, 0.15) is 0 Å². The summed E-state index contributed by atoms with van der Waals surface area (Å²) in [5.41, 5.74) is 12.6. The SMILES string of the molecule is C=C\C=C(/N=C(\C=C(/N)C(=O)Nc1ccc(C(=O)N2CCCC2)cc1)CCC)c1ccc(CC)c(CC)c1. The Balaban J connectivity index is 1.78. The third-order valence-electron chi connectivity index (χ3n) is 6.68. The topological polar surface area (TPSA) is 87.8 Å². The first-order valence-electron chi connectivity index (χ1n) is 13.6. The quantitative estimate of drug-likeness (QED) is 0.210. The molecule has 0 aromatic heterocycles. The van der Waals surface area contributed by atoms with E-state index in [1.54, 1.807) is 36.4 Å². The first kappa shape index (κ1) is 28.6. The van der Waals surface area contributed by atoms with E-state index in [1.165, 1.54) is 11.1 Å². The van der Waals surface area contributed by atoms with Crippen LogP contribution in [-0.2, 0) is 17.6 Å². The zero-order valence-corrected chi connectivity index (χ0v) is 22.9. The van der Waals surface area contributed by atoms with E-state index in [1.807, 2.05) is 11.0 Å². The molecule has 2 aromatic carbocycles. The average molecular weight is 513 g/mol. The van der Waals surface area contributed by atoms with Gasteiger partial charge in [0, 0.05) is 35.6 Å². The van der Waals surface area contributed by atoms with Gasteiger partial charge in [-0.2, -0.15) is 0 Å². The van der Waals surface area contributed by atoms with E-state index in [0.717, 1.165) is 62.2 Å². The van der Waals surface area contributed by atoms with E-state index in [2.05, 4.69) is 50.9 Å². The molecule has 2 amide bonds. The monoisotopic (exact) mass is 512 g/mol. The fourth-order valence-electron chi connectivity index (χ4n) is 4.59. The lowest BCUT2D eigenvalue weighted by molar-refractivity contribution is -0.112. The van der Waals surface area contributed by atoms with Gasteiger partial charge in [0.05, 0.1) is 11.4 Å². The summed E-state index contributed by atoms with van der Waals surface area (Å²) in [4.78, 5) is 32.2. The Hall–Kier alpha value is -3.93. The summed E-state index contributed by atoms with van der Waals surface area (Å²) < 4.78 is 0. The second-order valence-corrected chi connectivity index (χ2v) is 9.46. The van der Waals surface area contributed by atoms with Gasteiger partial charge in [-0.1, -0.05) is 52.0 Å². The molecule has 0 atom stereocenters. The van der Waals surface area contributed by atoms with Crippen LogP contribution in [0.5, 0.6) is 0 Å². The third kappa shape index (κ3) is 7.54. The zero-order chi connectivity index (χ0) is 27.5. The third-order valence-corrected chi connectivity index (χ3v) is 6.68. The van der Waals surface area contributed by atoms with E-state index >= 15 is 0 Å². The summed E-state index contributed by atoms with van der Waals surface area (Å²) in [6.45, 7) is 11.8. The van der Waals surface area contributed by atoms with Crippen molar-refractivity contribution in [2.24, 2.45) is 10.7 Å². The lowest BCUT2D eigenvalue weighted by atomic mass is 9.98. The molecule has 0 unspecified atom stereocenters. The number of aliphatic imine (C=N–C) groups is 1. The van der Waals surface area contributed by atoms with Crippen LogP contribution in [0.25, 0.3) is 5.70 Å². The van der Waals surface area contributed by atoms with Crippen LogP contribution in [0.3, 0.4) is 0 Å². The Morgan fingerprint density at radius 3 is 2.26 bits per heavy atom. The molecular formula is C32H40N4O2. The molecule has 200 valence electrons. The highest BCUT2D eigenvalue weighted by Gasteiger charge is 2.19. The highest BCUT2D eigenvalue weighted by atomic mass is 16.2. The second-order valence-electron chi connectivity index (χ2n) is 9.46. The number of anilines is 1. The van der Waals surface area contributed by atoms with Crippen LogP contribution in [0.15, 0.2) is 78.0 Å². The number of allylic oxidation sites excluding steroid dienone is 3. The standard InChI is InChI=1S/C32H40N4O2/c1-5-11-28(34-30(12-6-2)26-14-13-23(7-3)24(8-4)21-26)22-29(33)31(37)35-27-17-15-25(16-18-27)32(38)36-19-9-10-20-36/h6,12-18,21-22H,2,5,7-11,19-20,33H2,1,3-4H3,(H,35,37)/b29-22-,30-12-,34-28-. The van der Waals surface area contributed by atoms with Crippen LogP contribution < -0.4 is 11.1 Å². The summed E-state index contributed by atoms with van der Waals surface area (Å²) in [5.74, 6) is -0.388. The maximum absolute atomic E-state index is 12.9. The number of amides is 2. The van der Waals surface area contributed by atoms with Gasteiger partial charge in [0.25, 0.3) is 11.8 Å². The summed E-state index contributed by atoms with van der Waals surface area (Å²) in [6, 6.07) is 13.3. The summed E-state index contributed by atoms with van der Waals surface area (Å²) >= 11 is 0. The molecule has 1 aliphatic rings. The first-order chi connectivity index (χ1) is 18.4. The minimum atomic E-state index is -0.415. The van der Waals surface area contributed by atoms with Gasteiger partial charge in [0.15, 0.2) is 0 Å². The number of hydrogen-bond acceptors (Lipinski definition) is 4. The Morgan fingerprint density at radius 2 is 1.66 bits per heavy atom. The molecule has 0 aliphatic carbocycles. The van der Waals surface area contributed by atoms with Gasteiger partial charge < -0.3 is 16.0 Å². The van der Waals surface area contributed by atoms with E-state index in [-0.39, 0.29) is 11.6 Å². The second kappa shape index (κ2) is 14.1. The first-order valence-corrected chi connectivity index (χ1v) is 13.6. The molecule has 0 radical (unpaired) electrons. The van der Waals surface area contributed by atoms with Gasteiger partial charge in [-0.25, -0.2) is 0 Å². The number of nitrogens with one attached hydrogen (secondary N) is 1. The fourth-order valence-corrected chi connectivity index (χ4v) is 4.59. The lowest BCUT2D eigenvalue weighted by Crippen LogP contribution is -2.27. The molecular weight excluding hydrogens is 472 g/mol. The van der Waals surface area contributed by atoms with Crippen molar-refractivity contribution < 1.29 is 9.59 Å². The van der Waals surface area contributed by atoms with Crippen LogP contribution in [0.4, 0.5) is 5.69 Å². The zero-order valence-electron chi connectivity index (χ0n) is 22.9. The largest absolute Gasteiger partial charge is 0.394 e. The summed E-state index contributed by atoms with van der Waals surface area (Å²) in [6.07, 6.45) is 10.8. The molecule has 0 spiro atoms. The van der Waals surface area contributed by atoms with Gasteiger partial charge in [-0.05, 0) is 85.7 Å². The highest BCUT2D eigenvalue weighted by Crippen LogP contribution is 2.23. The van der Waals surface area contributed by atoms with Gasteiger partial charge in [-0.15, -0.1) is 0 Å².